The van der Waals surface area contributed by atoms with E-state index in [2.05, 4.69) is 15.3 Å². The molecule has 3 rings (SSSR count). The zero-order valence-corrected chi connectivity index (χ0v) is 12.0. The van der Waals surface area contributed by atoms with E-state index in [0.29, 0.717) is 16.8 Å². The van der Waals surface area contributed by atoms with Gasteiger partial charge < -0.3 is 10.3 Å². The van der Waals surface area contributed by atoms with Crippen molar-refractivity contribution in [3.8, 4) is 0 Å². The number of nitrogens with one attached hydrogen (secondary N) is 2. The summed E-state index contributed by atoms with van der Waals surface area (Å²) in [6.07, 6.45) is 5.08. The van der Waals surface area contributed by atoms with Crippen LogP contribution < -0.4 is 5.32 Å². The molecule has 2 aromatic heterocycles. The van der Waals surface area contributed by atoms with Crippen LogP contribution in [0.3, 0.4) is 0 Å². The summed E-state index contributed by atoms with van der Waals surface area (Å²) in [5.41, 5.74) is 0. The maximum absolute atomic E-state index is 13.6. The van der Waals surface area contributed by atoms with E-state index in [0.717, 1.165) is 23.4 Å². The van der Waals surface area contributed by atoms with Crippen molar-refractivity contribution >= 4 is 27.3 Å². The zero-order valence-electron chi connectivity index (χ0n) is 11.2. The monoisotopic (exact) mass is 303 g/mol. The van der Waals surface area contributed by atoms with E-state index in [9.17, 15) is 9.18 Å². The number of benzene rings is 1. The molecule has 2 N–H and O–H groups in total. The molecular formula is C15H14FN3OS. The van der Waals surface area contributed by atoms with Gasteiger partial charge in [-0.1, -0.05) is 6.07 Å². The Balaban J connectivity index is 1.58. The molecule has 0 fully saturated rings. The molecule has 0 atom stereocenters. The van der Waals surface area contributed by atoms with Crippen molar-refractivity contribution in [2.75, 3.05) is 6.54 Å². The van der Waals surface area contributed by atoms with Crippen LogP contribution in [0.15, 0.2) is 36.7 Å². The Morgan fingerprint density at radius 2 is 2.33 bits per heavy atom. The second kappa shape index (κ2) is 6.05. The van der Waals surface area contributed by atoms with Gasteiger partial charge in [-0.15, -0.1) is 11.3 Å². The Morgan fingerprint density at radius 3 is 3.10 bits per heavy atom. The van der Waals surface area contributed by atoms with Crippen LogP contribution in [0.2, 0.25) is 0 Å². The van der Waals surface area contributed by atoms with Gasteiger partial charge in [0.15, 0.2) is 0 Å². The minimum Gasteiger partial charge on any atom is -0.351 e. The van der Waals surface area contributed by atoms with Gasteiger partial charge in [-0.05, 0) is 24.6 Å². The molecule has 1 amide bonds. The highest BCUT2D eigenvalue weighted by atomic mass is 32.1. The number of halogens is 1. The first kappa shape index (κ1) is 13.8. The maximum Gasteiger partial charge on any atom is 0.261 e. The summed E-state index contributed by atoms with van der Waals surface area (Å²) in [5.74, 6) is 0.462. The number of thiophene rings is 1. The van der Waals surface area contributed by atoms with Crippen LogP contribution in [0.5, 0.6) is 0 Å². The van der Waals surface area contributed by atoms with Gasteiger partial charge in [0.2, 0.25) is 0 Å². The van der Waals surface area contributed by atoms with Gasteiger partial charge in [0.05, 0.1) is 4.88 Å². The number of nitrogens with zero attached hydrogens (tertiary/aromatic N) is 1. The van der Waals surface area contributed by atoms with Crippen molar-refractivity contribution < 1.29 is 9.18 Å². The number of fused-ring (bicyclic) bond motifs is 1. The molecule has 0 saturated carbocycles. The zero-order chi connectivity index (χ0) is 14.7. The topological polar surface area (TPSA) is 57.8 Å². The SMILES string of the molecule is O=C(NCCCc1ncc[nH]1)c1cc2c(F)cccc2s1. The fourth-order valence-corrected chi connectivity index (χ4v) is 3.11. The summed E-state index contributed by atoms with van der Waals surface area (Å²) in [6.45, 7) is 0.566. The Morgan fingerprint density at radius 1 is 1.43 bits per heavy atom. The number of rotatable bonds is 5. The van der Waals surface area contributed by atoms with Crippen LogP contribution in [0.25, 0.3) is 10.1 Å². The number of imidazole rings is 1. The lowest BCUT2D eigenvalue weighted by atomic mass is 10.2. The molecule has 0 aliphatic rings. The van der Waals surface area contributed by atoms with E-state index in [1.807, 2.05) is 6.07 Å². The predicted octanol–water partition coefficient (Wildman–Crippen LogP) is 3.13. The second-order valence-electron chi connectivity index (χ2n) is 4.66. The third kappa shape index (κ3) is 3.11. The van der Waals surface area contributed by atoms with E-state index >= 15 is 0 Å². The molecule has 4 nitrogen and oxygen atoms in total. The molecule has 108 valence electrons. The first-order valence-electron chi connectivity index (χ1n) is 6.68. The molecule has 3 aromatic rings. The lowest BCUT2D eigenvalue weighted by Crippen LogP contribution is -2.23. The van der Waals surface area contributed by atoms with Gasteiger partial charge in [0, 0.05) is 35.4 Å². The highest BCUT2D eigenvalue weighted by Gasteiger charge is 2.11. The lowest BCUT2D eigenvalue weighted by molar-refractivity contribution is 0.0957. The van der Waals surface area contributed by atoms with Crippen molar-refractivity contribution in [1.82, 2.24) is 15.3 Å². The van der Waals surface area contributed by atoms with Crippen LogP contribution in [-0.2, 0) is 6.42 Å². The fourth-order valence-electron chi connectivity index (χ4n) is 2.12. The normalized spacial score (nSPS) is 10.9. The van der Waals surface area contributed by atoms with Gasteiger partial charge in [-0.25, -0.2) is 9.37 Å². The number of amides is 1. The van der Waals surface area contributed by atoms with E-state index in [-0.39, 0.29) is 11.7 Å². The maximum atomic E-state index is 13.6. The summed E-state index contributed by atoms with van der Waals surface area (Å²) >= 11 is 1.30. The Bertz CT molecular complexity index is 751. The quantitative estimate of drug-likeness (QED) is 0.711. The molecule has 0 aliphatic carbocycles. The summed E-state index contributed by atoms with van der Waals surface area (Å²) < 4.78 is 14.4. The second-order valence-corrected chi connectivity index (χ2v) is 5.74. The standard InChI is InChI=1S/C15H14FN3OS/c16-11-3-1-4-12-10(11)9-13(21-12)15(20)19-6-2-5-14-17-7-8-18-14/h1,3-4,7-9H,2,5-6H2,(H,17,18)(H,19,20). The summed E-state index contributed by atoms with van der Waals surface area (Å²) in [5, 5.41) is 3.35. The molecule has 21 heavy (non-hydrogen) atoms. The van der Waals surface area contributed by atoms with Crippen molar-refractivity contribution in [3.63, 3.8) is 0 Å². The van der Waals surface area contributed by atoms with Gasteiger partial charge in [0.1, 0.15) is 11.6 Å². The van der Waals surface area contributed by atoms with E-state index in [1.54, 1.807) is 24.5 Å². The van der Waals surface area contributed by atoms with Crippen LogP contribution in [0.4, 0.5) is 4.39 Å². The number of carbonyl (C=O) groups is 1. The third-order valence-electron chi connectivity index (χ3n) is 3.16. The van der Waals surface area contributed by atoms with Crippen LogP contribution in [-0.4, -0.2) is 22.4 Å². The fraction of sp³-hybridized carbons (Fsp3) is 0.200. The molecular weight excluding hydrogens is 289 g/mol. The molecule has 1 aromatic carbocycles. The Labute approximate surface area is 125 Å². The molecule has 0 spiro atoms. The molecule has 0 radical (unpaired) electrons. The number of aromatic nitrogens is 2. The number of aryl methyl sites for hydroxylation is 1. The average molecular weight is 303 g/mol. The highest BCUT2D eigenvalue weighted by molar-refractivity contribution is 7.20. The van der Waals surface area contributed by atoms with Crippen LogP contribution >= 0.6 is 11.3 Å². The smallest absolute Gasteiger partial charge is 0.261 e. The number of carbonyl (C=O) groups excluding carboxylic acids is 1. The van der Waals surface area contributed by atoms with E-state index in [4.69, 9.17) is 0 Å². The average Bonchev–Trinajstić information content (AvgIpc) is 3.13. The number of H-pyrrole nitrogens is 1. The van der Waals surface area contributed by atoms with Gasteiger partial charge in [-0.2, -0.15) is 0 Å². The van der Waals surface area contributed by atoms with Crippen LogP contribution in [0.1, 0.15) is 21.9 Å². The highest BCUT2D eigenvalue weighted by Crippen LogP contribution is 2.27. The Hall–Kier alpha value is -2.21. The summed E-state index contributed by atoms with van der Waals surface area (Å²) in [6, 6.07) is 6.48. The predicted molar refractivity (Wildman–Crippen MR) is 81.0 cm³/mol. The first-order chi connectivity index (χ1) is 10.2. The van der Waals surface area contributed by atoms with E-state index in [1.165, 1.54) is 17.4 Å². The number of hydrogen-bond acceptors (Lipinski definition) is 3. The van der Waals surface area contributed by atoms with Crippen LogP contribution in [0, 0.1) is 5.82 Å². The van der Waals surface area contributed by atoms with Crippen molar-refractivity contribution in [2.24, 2.45) is 0 Å². The largest absolute Gasteiger partial charge is 0.351 e. The number of hydrogen-bond donors (Lipinski definition) is 2. The van der Waals surface area contributed by atoms with Gasteiger partial charge in [0.25, 0.3) is 5.91 Å². The van der Waals surface area contributed by atoms with E-state index < -0.39 is 0 Å². The number of aromatic amines is 1. The molecule has 6 heteroatoms. The lowest BCUT2D eigenvalue weighted by Gasteiger charge is -2.02. The summed E-state index contributed by atoms with van der Waals surface area (Å²) in [4.78, 5) is 19.7. The Kier molecular flexibility index (Phi) is 3.96. The van der Waals surface area contributed by atoms with Crippen molar-refractivity contribution in [1.29, 1.82) is 0 Å². The molecule has 0 unspecified atom stereocenters. The van der Waals surface area contributed by atoms with Gasteiger partial charge in [-0.3, -0.25) is 4.79 Å². The van der Waals surface area contributed by atoms with Crippen molar-refractivity contribution in [3.05, 3.63) is 53.2 Å². The minimum absolute atomic E-state index is 0.157. The molecule has 0 saturated heterocycles. The molecule has 0 bridgehead atoms. The molecule has 0 aliphatic heterocycles. The first-order valence-corrected chi connectivity index (χ1v) is 7.50. The third-order valence-corrected chi connectivity index (χ3v) is 4.26. The van der Waals surface area contributed by atoms with Gasteiger partial charge >= 0.3 is 0 Å². The minimum atomic E-state index is -0.291. The molecule has 2 heterocycles. The summed E-state index contributed by atoms with van der Waals surface area (Å²) in [7, 11) is 0. The van der Waals surface area contributed by atoms with Crippen molar-refractivity contribution in [2.45, 2.75) is 12.8 Å².